The van der Waals surface area contributed by atoms with Crippen molar-refractivity contribution in [2.75, 3.05) is 0 Å². The fraction of sp³-hybridized carbons (Fsp3) is 0.105. The Morgan fingerprint density at radius 1 is 1.12 bits per heavy atom. The number of aromatic nitrogens is 4. The monoisotopic (exact) mass is 382 g/mol. The minimum absolute atomic E-state index is 0.642. The summed E-state index contributed by atoms with van der Waals surface area (Å²) in [6.07, 6.45) is 3.41. The van der Waals surface area contributed by atoms with Crippen molar-refractivity contribution >= 4 is 23.4 Å². The van der Waals surface area contributed by atoms with Crippen LogP contribution in [0.15, 0.2) is 70.6 Å². The lowest BCUT2D eigenvalue weighted by Gasteiger charge is -2.12. The van der Waals surface area contributed by atoms with Crippen molar-refractivity contribution in [3.63, 3.8) is 0 Å². The number of hydrogen-bond donors (Lipinski definition) is 0. The molecule has 7 heteroatoms. The third-order valence-electron chi connectivity index (χ3n) is 3.86. The summed E-state index contributed by atoms with van der Waals surface area (Å²) in [5, 5.41) is 10.1. The van der Waals surface area contributed by atoms with Crippen molar-refractivity contribution in [1.29, 1.82) is 0 Å². The van der Waals surface area contributed by atoms with E-state index in [0.717, 1.165) is 22.1 Å². The van der Waals surface area contributed by atoms with Crippen LogP contribution < -0.4 is 0 Å². The van der Waals surface area contributed by atoms with E-state index in [1.165, 1.54) is 0 Å². The van der Waals surface area contributed by atoms with Gasteiger partial charge in [0.05, 0.1) is 17.6 Å². The second kappa shape index (κ2) is 7.35. The zero-order chi connectivity index (χ0) is 17.9. The molecule has 3 heterocycles. The SMILES string of the molecule is Cc1ccc(Cl)cc1-n1c(SCc2ccccn2)nnc1-c1ccco1. The van der Waals surface area contributed by atoms with Crippen molar-refractivity contribution in [2.24, 2.45) is 0 Å². The van der Waals surface area contributed by atoms with E-state index in [-0.39, 0.29) is 0 Å². The number of hydrogen-bond acceptors (Lipinski definition) is 5. The van der Waals surface area contributed by atoms with Crippen molar-refractivity contribution in [3.8, 4) is 17.3 Å². The standard InChI is InChI=1S/C19H15ClN4OS/c1-13-7-8-14(20)11-16(13)24-18(17-6-4-10-25-17)22-23-19(24)26-12-15-5-2-3-9-21-15/h2-11H,12H2,1H3. The lowest BCUT2D eigenvalue weighted by atomic mass is 10.2. The molecule has 0 atom stereocenters. The maximum Gasteiger partial charge on any atom is 0.205 e. The maximum atomic E-state index is 6.24. The Balaban J connectivity index is 1.78. The van der Waals surface area contributed by atoms with E-state index >= 15 is 0 Å². The third-order valence-corrected chi connectivity index (χ3v) is 5.06. The maximum absolute atomic E-state index is 6.24. The van der Waals surface area contributed by atoms with Crippen LogP contribution >= 0.6 is 23.4 Å². The second-order valence-corrected chi connectivity index (χ2v) is 7.04. The van der Waals surface area contributed by atoms with Gasteiger partial charge >= 0.3 is 0 Å². The van der Waals surface area contributed by atoms with Crippen molar-refractivity contribution in [2.45, 2.75) is 17.8 Å². The van der Waals surface area contributed by atoms with Crippen LogP contribution in [0.2, 0.25) is 5.02 Å². The lowest BCUT2D eigenvalue weighted by Crippen LogP contribution is -2.02. The van der Waals surface area contributed by atoms with Crippen LogP contribution in [0, 0.1) is 6.92 Å². The number of benzene rings is 1. The van der Waals surface area contributed by atoms with Gasteiger partial charge in [-0.2, -0.15) is 0 Å². The van der Waals surface area contributed by atoms with Crippen LogP contribution in [0.1, 0.15) is 11.3 Å². The summed E-state index contributed by atoms with van der Waals surface area (Å²) in [6.45, 7) is 2.03. The van der Waals surface area contributed by atoms with E-state index in [0.29, 0.717) is 22.4 Å². The number of thioether (sulfide) groups is 1. The van der Waals surface area contributed by atoms with E-state index in [4.69, 9.17) is 16.0 Å². The molecule has 0 N–H and O–H groups in total. The molecule has 0 saturated heterocycles. The zero-order valence-electron chi connectivity index (χ0n) is 14.0. The van der Waals surface area contributed by atoms with Gasteiger partial charge in [-0.05, 0) is 48.9 Å². The van der Waals surface area contributed by atoms with Gasteiger partial charge in [-0.3, -0.25) is 9.55 Å². The molecule has 0 radical (unpaired) electrons. The van der Waals surface area contributed by atoms with Gasteiger partial charge < -0.3 is 4.42 Å². The van der Waals surface area contributed by atoms with E-state index in [9.17, 15) is 0 Å². The molecule has 0 fully saturated rings. The molecule has 0 aliphatic heterocycles. The highest BCUT2D eigenvalue weighted by atomic mass is 35.5. The van der Waals surface area contributed by atoms with Crippen LogP contribution in [0.25, 0.3) is 17.3 Å². The topological polar surface area (TPSA) is 56.7 Å². The normalized spacial score (nSPS) is 11.0. The fourth-order valence-corrected chi connectivity index (χ4v) is 3.62. The number of aryl methyl sites for hydroxylation is 1. The molecule has 26 heavy (non-hydrogen) atoms. The molecule has 130 valence electrons. The van der Waals surface area contributed by atoms with Crippen LogP contribution in [0.5, 0.6) is 0 Å². The molecule has 0 saturated carbocycles. The Bertz CT molecular complexity index is 1020. The van der Waals surface area contributed by atoms with Gasteiger partial charge in [-0.15, -0.1) is 10.2 Å². The molecule has 4 rings (SSSR count). The van der Waals surface area contributed by atoms with Crippen LogP contribution in [0.3, 0.4) is 0 Å². The van der Waals surface area contributed by atoms with Gasteiger partial charge in [0.25, 0.3) is 0 Å². The molecule has 5 nitrogen and oxygen atoms in total. The predicted octanol–water partition coefficient (Wildman–Crippen LogP) is 5.18. The average Bonchev–Trinajstić information content (AvgIpc) is 3.32. The molecule has 0 aliphatic rings. The Kier molecular flexibility index (Phi) is 4.77. The summed E-state index contributed by atoms with van der Waals surface area (Å²) < 4.78 is 7.53. The molecular formula is C19H15ClN4OS. The van der Waals surface area contributed by atoms with Gasteiger partial charge in [-0.1, -0.05) is 35.5 Å². The predicted molar refractivity (Wildman–Crippen MR) is 103 cm³/mol. The highest BCUT2D eigenvalue weighted by molar-refractivity contribution is 7.98. The third kappa shape index (κ3) is 3.38. The molecule has 0 bridgehead atoms. The first kappa shape index (κ1) is 16.9. The summed E-state index contributed by atoms with van der Waals surface area (Å²) in [4.78, 5) is 4.37. The van der Waals surface area contributed by atoms with E-state index < -0.39 is 0 Å². The highest BCUT2D eigenvalue weighted by Gasteiger charge is 2.19. The van der Waals surface area contributed by atoms with Gasteiger partial charge in [0.2, 0.25) is 5.82 Å². The molecule has 0 unspecified atom stereocenters. The molecule has 0 amide bonds. The smallest absolute Gasteiger partial charge is 0.205 e. The number of furan rings is 1. The average molecular weight is 383 g/mol. The minimum Gasteiger partial charge on any atom is -0.461 e. The van der Waals surface area contributed by atoms with E-state index in [1.54, 1.807) is 24.2 Å². The first-order chi connectivity index (χ1) is 12.7. The summed E-state index contributed by atoms with van der Waals surface area (Å²) in [7, 11) is 0. The fourth-order valence-electron chi connectivity index (χ4n) is 2.59. The van der Waals surface area contributed by atoms with E-state index in [2.05, 4.69) is 15.2 Å². The van der Waals surface area contributed by atoms with Gasteiger partial charge in [0.15, 0.2) is 10.9 Å². The number of rotatable bonds is 5. The number of pyridine rings is 1. The Morgan fingerprint density at radius 2 is 2.04 bits per heavy atom. The molecular weight excluding hydrogens is 368 g/mol. The van der Waals surface area contributed by atoms with Crippen LogP contribution in [0.4, 0.5) is 0 Å². The minimum atomic E-state index is 0.642. The number of halogens is 1. The van der Waals surface area contributed by atoms with Gasteiger partial charge in [-0.25, -0.2) is 0 Å². The largest absolute Gasteiger partial charge is 0.461 e. The van der Waals surface area contributed by atoms with Crippen LogP contribution in [-0.2, 0) is 5.75 Å². The first-order valence-corrected chi connectivity index (χ1v) is 9.37. The second-order valence-electron chi connectivity index (χ2n) is 5.66. The zero-order valence-corrected chi connectivity index (χ0v) is 15.5. The summed E-state index contributed by atoms with van der Waals surface area (Å²) >= 11 is 7.81. The Morgan fingerprint density at radius 3 is 2.81 bits per heavy atom. The van der Waals surface area contributed by atoms with Gasteiger partial charge in [0, 0.05) is 17.0 Å². The Hall–Kier alpha value is -2.57. The van der Waals surface area contributed by atoms with Crippen molar-refractivity contribution in [1.82, 2.24) is 19.7 Å². The summed E-state index contributed by atoms with van der Waals surface area (Å²) in [5.74, 6) is 1.99. The quantitative estimate of drug-likeness (QED) is 0.445. The van der Waals surface area contributed by atoms with Crippen LogP contribution in [-0.4, -0.2) is 19.7 Å². The Labute approximate surface area is 160 Å². The first-order valence-electron chi connectivity index (χ1n) is 8.01. The summed E-state index contributed by atoms with van der Waals surface area (Å²) in [6, 6.07) is 15.3. The van der Waals surface area contributed by atoms with Crippen molar-refractivity contribution < 1.29 is 4.42 Å². The molecule has 4 aromatic rings. The summed E-state index contributed by atoms with van der Waals surface area (Å²) in [5.41, 5.74) is 2.98. The number of nitrogens with zero attached hydrogens (tertiary/aromatic N) is 4. The van der Waals surface area contributed by atoms with Gasteiger partial charge in [0.1, 0.15) is 0 Å². The van der Waals surface area contributed by atoms with Crippen molar-refractivity contribution in [3.05, 3.63) is 77.3 Å². The highest BCUT2D eigenvalue weighted by Crippen LogP contribution is 2.32. The molecule has 0 spiro atoms. The molecule has 3 aromatic heterocycles. The van der Waals surface area contributed by atoms with E-state index in [1.807, 2.05) is 60.0 Å². The lowest BCUT2D eigenvalue weighted by molar-refractivity contribution is 0.575. The molecule has 0 aliphatic carbocycles. The molecule has 1 aromatic carbocycles.